The number of anilines is 1. The summed E-state index contributed by atoms with van der Waals surface area (Å²) in [5.41, 5.74) is 0.657. The Hall–Kier alpha value is -3.85. The molecule has 202 valence electrons. The van der Waals surface area contributed by atoms with Crippen molar-refractivity contribution in [1.82, 2.24) is 10.2 Å². The first kappa shape index (κ1) is 28.7. The number of rotatable bonds is 10. The number of benzene rings is 3. The summed E-state index contributed by atoms with van der Waals surface area (Å²) in [6.45, 7) is 6.88. The van der Waals surface area contributed by atoms with Crippen molar-refractivity contribution in [3.63, 3.8) is 0 Å². The number of nitrogens with zero attached hydrogens (tertiary/aromatic N) is 2. The Kier molecular flexibility index (Phi) is 9.17. The van der Waals surface area contributed by atoms with Crippen LogP contribution in [0, 0.1) is 0 Å². The molecule has 0 spiro atoms. The number of nitrogens with one attached hydrogen (secondary N) is 1. The summed E-state index contributed by atoms with van der Waals surface area (Å²) in [4.78, 5) is 28.4. The van der Waals surface area contributed by atoms with Gasteiger partial charge in [-0.15, -0.1) is 0 Å². The highest BCUT2D eigenvalue weighted by atomic mass is 32.2. The van der Waals surface area contributed by atoms with Gasteiger partial charge in [-0.25, -0.2) is 8.42 Å². The molecule has 0 saturated carbocycles. The van der Waals surface area contributed by atoms with Crippen molar-refractivity contribution in [2.75, 3.05) is 18.0 Å². The van der Waals surface area contributed by atoms with Gasteiger partial charge in [0, 0.05) is 12.1 Å². The second-order valence-corrected chi connectivity index (χ2v) is 11.8. The molecule has 0 saturated heterocycles. The molecule has 3 aromatic rings. The number of hydrogen-bond donors (Lipinski definition) is 1. The van der Waals surface area contributed by atoms with Gasteiger partial charge < -0.3 is 15.0 Å². The smallest absolute Gasteiger partial charge is 0.264 e. The summed E-state index contributed by atoms with van der Waals surface area (Å²) in [6, 6.07) is 22.9. The van der Waals surface area contributed by atoms with Crippen molar-refractivity contribution >= 4 is 27.5 Å². The molecule has 0 fully saturated rings. The number of para-hydroxylation sites is 1. The third kappa shape index (κ3) is 7.35. The third-order valence-electron chi connectivity index (χ3n) is 5.83. The van der Waals surface area contributed by atoms with E-state index < -0.39 is 34.1 Å². The maximum Gasteiger partial charge on any atom is 0.264 e. The Labute approximate surface area is 225 Å². The molecular weight excluding hydrogens is 502 g/mol. The van der Waals surface area contributed by atoms with E-state index in [9.17, 15) is 18.0 Å². The number of ether oxygens (including phenoxy) is 1. The predicted octanol–water partition coefficient (Wildman–Crippen LogP) is 4.22. The van der Waals surface area contributed by atoms with Crippen LogP contribution in [0.5, 0.6) is 5.75 Å². The molecule has 9 heteroatoms. The van der Waals surface area contributed by atoms with E-state index in [-0.39, 0.29) is 17.3 Å². The standard InChI is InChI=1S/C29H35N3O5S/c1-22(28(34)30-29(2,3)4)31(20-23-12-8-6-9-13-23)27(33)21-32(24-14-10-7-11-15-24)38(35,36)26-18-16-25(37-5)17-19-26/h6-19,22H,20-21H2,1-5H3,(H,30,34). The van der Waals surface area contributed by atoms with Crippen LogP contribution >= 0.6 is 0 Å². The monoisotopic (exact) mass is 537 g/mol. The summed E-state index contributed by atoms with van der Waals surface area (Å²) < 4.78 is 33.8. The first-order valence-corrected chi connectivity index (χ1v) is 13.7. The number of carbonyl (C=O) groups excluding carboxylic acids is 2. The van der Waals surface area contributed by atoms with Gasteiger partial charge in [0.05, 0.1) is 17.7 Å². The topological polar surface area (TPSA) is 96.0 Å². The van der Waals surface area contributed by atoms with Gasteiger partial charge in [0.15, 0.2) is 0 Å². The minimum absolute atomic E-state index is 0.0167. The Morgan fingerprint density at radius 1 is 0.895 bits per heavy atom. The van der Waals surface area contributed by atoms with E-state index in [1.165, 1.54) is 24.1 Å². The van der Waals surface area contributed by atoms with Crippen LogP contribution in [-0.4, -0.2) is 50.4 Å². The van der Waals surface area contributed by atoms with Gasteiger partial charge in [0.25, 0.3) is 10.0 Å². The zero-order chi connectivity index (χ0) is 27.9. The normalized spacial score (nSPS) is 12.3. The first-order valence-electron chi connectivity index (χ1n) is 12.3. The van der Waals surface area contributed by atoms with E-state index in [1.807, 2.05) is 51.1 Å². The van der Waals surface area contributed by atoms with E-state index in [0.29, 0.717) is 11.4 Å². The van der Waals surface area contributed by atoms with Gasteiger partial charge in [0.2, 0.25) is 11.8 Å². The van der Waals surface area contributed by atoms with E-state index in [0.717, 1.165) is 9.87 Å². The van der Waals surface area contributed by atoms with Crippen LogP contribution in [0.15, 0.2) is 89.8 Å². The van der Waals surface area contributed by atoms with Crippen molar-refractivity contribution in [2.24, 2.45) is 0 Å². The number of carbonyl (C=O) groups is 2. The second-order valence-electron chi connectivity index (χ2n) is 9.95. The van der Waals surface area contributed by atoms with Gasteiger partial charge in [-0.05, 0) is 69.7 Å². The van der Waals surface area contributed by atoms with Crippen molar-refractivity contribution in [1.29, 1.82) is 0 Å². The highest BCUT2D eigenvalue weighted by Gasteiger charge is 2.33. The molecule has 38 heavy (non-hydrogen) atoms. The molecule has 0 aliphatic carbocycles. The molecule has 3 aromatic carbocycles. The lowest BCUT2D eigenvalue weighted by Crippen LogP contribution is -2.54. The van der Waals surface area contributed by atoms with Crippen LogP contribution in [-0.2, 0) is 26.2 Å². The van der Waals surface area contributed by atoms with Crippen molar-refractivity contribution in [2.45, 2.75) is 50.7 Å². The maximum atomic E-state index is 13.8. The summed E-state index contributed by atoms with van der Waals surface area (Å²) in [5.74, 6) is -0.323. The molecule has 0 radical (unpaired) electrons. The van der Waals surface area contributed by atoms with Crippen molar-refractivity contribution in [3.05, 3.63) is 90.5 Å². The SMILES string of the molecule is COc1ccc(S(=O)(=O)N(CC(=O)N(Cc2ccccc2)C(C)C(=O)NC(C)(C)C)c2ccccc2)cc1. The van der Waals surface area contributed by atoms with Crippen LogP contribution in [0.2, 0.25) is 0 Å². The highest BCUT2D eigenvalue weighted by Crippen LogP contribution is 2.25. The minimum atomic E-state index is -4.13. The molecule has 3 rings (SSSR count). The maximum absolute atomic E-state index is 13.8. The molecule has 0 bridgehead atoms. The van der Waals surface area contributed by atoms with Crippen LogP contribution in [0.1, 0.15) is 33.3 Å². The predicted molar refractivity (Wildman–Crippen MR) is 148 cm³/mol. The lowest BCUT2D eigenvalue weighted by Gasteiger charge is -2.33. The number of methoxy groups -OCH3 is 1. The molecule has 1 unspecified atom stereocenters. The van der Waals surface area contributed by atoms with E-state index in [4.69, 9.17) is 4.74 Å². The van der Waals surface area contributed by atoms with Crippen LogP contribution in [0.4, 0.5) is 5.69 Å². The average molecular weight is 538 g/mol. The lowest BCUT2D eigenvalue weighted by molar-refractivity contribution is -0.140. The summed E-state index contributed by atoms with van der Waals surface area (Å²) >= 11 is 0. The summed E-state index contributed by atoms with van der Waals surface area (Å²) in [6.07, 6.45) is 0. The molecule has 2 amide bonds. The molecule has 8 nitrogen and oxygen atoms in total. The number of amides is 2. The molecule has 0 aromatic heterocycles. The fourth-order valence-corrected chi connectivity index (χ4v) is 5.25. The first-order chi connectivity index (χ1) is 17.9. The third-order valence-corrected chi connectivity index (χ3v) is 7.62. The molecule has 1 atom stereocenters. The molecular formula is C29H35N3O5S. The van der Waals surface area contributed by atoms with E-state index >= 15 is 0 Å². The summed E-state index contributed by atoms with van der Waals surface area (Å²) in [5, 5.41) is 2.92. The molecule has 0 aliphatic rings. The zero-order valence-corrected chi connectivity index (χ0v) is 23.2. The minimum Gasteiger partial charge on any atom is -0.497 e. The van der Waals surface area contributed by atoms with E-state index in [2.05, 4.69) is 5.32 Å². The molecule has 0 heterocycles. The van der Waals surface area contributed by atoms with Gasteiger partial charge in [0.1, 0.15) is 18.3 Å². The highest BCUT2D eigenvalue weighted by molar-refractivity contribution is 7.92. The van der Waals surface area contributed by atoms with Gasteiger partial charge in [-0.3, -0.25) is 13.9 Å². The van der Waals surface area contributed by atoms with E-state index in [1.54, 1.807) is 49.4 Å². The van der Waals surface area contributed by atoms with Gasteiger partial charge in [-0.2, -0.15) is 0 Å². The fraction of sp³-hybridized carbons (Fsp3) is 0.310. The van der Waals surface area contributed by atoms with Gasteiger partial charge >= 0.3 is 0 Å². The fourth-order valence-electron chi connectivity index (χ4n) is 3.83. The number of hydrogen-bond acceptors (Lipinski definition) is 5. The Morgan fingerprint density at radius 2 is 1.45 bits per heavy atom. The Bertz CT molecular complexity index is 1320. The largest absolute Gasteiger partial charge is 0.497 e. The molecule has 1 N–H and O–H groups in total. The molecule has 0 aliphatic heterocycles. The summed E-state index contributed by atoms with van der Waals surface area (Å²) in [7, 11) is -2.63. The second kappa shape index (κ2) is 12.1. The Balaban J connectivity index is 1.99. The number of sulfonamides is 1. The Morgan fingerprint density at radius 3 is 1.97 bits per heavy atom. The van der Waals surface area contributed by atoms with Crippen LogP contribution < -0.4 is 14.4 Å². The average Bonchev–Trinajstić information content (AvgIpc) is 2.90. The zero-order valence-electron chi connectivity index (χ0n) is 22.4. The van der Waals surface area contributed by atoms with Crippen molar-refractivity contribution < 1.29 is 22.7 Å². The van der Waals surface area contributed by atoms with Gasteiger partial charge in [-0.1, -0.05) is 48.5 Å². The van der Waals surface area contributed by atoms with Crippen molar-refractivity contribution in [3.8, 4) is 5.75 Å². The van der Waals surface area contributed by atoms with Crippen LogP contribution in [0.25, 0.3) is 0 Å². The quantitative estimate of drug-likeness (QED) is 0.418. The lowest BCUT2D eigenvalue weighted by atomic mass is 10.1. The van der Waals surface area contributed by atoms with Crippen LogP contribution in [0.3, 0.4) is 0 Å².